The first-order chi connectivity index (χ1) is 6.85. The number of hydrogen-bond donors (Lipinski definition) is 0. The van der Waals surface area contributed by atoms with Crippen molar-refractivity contribution in [3.63, 3.8) is 0 Å². The van der Waals surface area contributed by atoms with Gasteiger partial charge in [0.05, 0.1) is 0 Å². The van der Waals surface area contributed by atoms with Crippen LogP contribution >= 0.6 is 0 Å². The molecule has 0 aromatic carbocycles. The number of rotatable bonds is 3. The molecule has 0 N–H and O–H groups in total. The van der Waals surface area contributed by atoms with Gasteiger partial charge in [0.15, 0.2) is 11.9 Å². The fraction of sp³-hybridized carbons (Fsp3) is 0.625. The zero-order valence-corrected chi connectivity index (χ0v) is 8.05. The van der Waals surface area contributed by atoms with Crippen molar-refractivity contribution in [2.45, 2.75) is 25.7 Å². The van der Waals surface area contributed by atoms with Crippen LogP contribution in [0.2, 0.25) is 0 Å². The zero-order chi connectivity index (χ0) is 11.6. The number of ether oxygens (including phenoxy) is 3. The molecule has 0 aliphatic carbocycles. The molecule has 15 heavy (non-hydrogen) atoms. The zero-order valence-electron chi connectivity index (χ0n) is 8.05. The summed E-state index contributed by atoms with van der Waals surface area (Å²) in [4.78, 5) is 10.7. The van der Waals surface area contributed by atoms with Crippen molar-refractivity contribution in [2.75, 3.05) is 6.61 Å². The van der Waals surface area contributed by atoms with Crippen LogP contribution in [0.25, 0.3) is 0 Å². The first-order valence-corrected chi connectivity index (χ1v) is 4.08. The first-order valence-electron chi connectivity index (χ1n) is 4.08. The predicted octanol–water partition coefficient (Wildman–Crippen LogP) is 2.35. The molecule has 0 radical (unpaired) electrons. The summed E-state index contributed by atoms with van der Waals surface area (Å²) in [5.74, 6) is -3.24. The third-order valence-electron chi connectivity index (χ3n) is 1.99. The number of hydrogen-bond acceptors (Lipinski definition) is 4. The third-order valence-corrected chi connectivity index (χ3v) is 1.99. The minimum atomic E-state index is -2.46. The van der Waals surface area contributed by atoms with Crippen molar-refractivity contribution in [2.24, 2.45) is 0 Å². The van der Waals surface area contributed by atoms with E-state index in [1.54, 1.807) is 0 Å². The van der Waals surface area contributed by atoms with Crippen LogP contribution in [0.4, 0.5) is 18.0 Å². The maximum atomic E-state index is 12.4. The highest BCUT2D eigenvalue weighted by Gasteiger charge is 2.46. The molecule has 2 unspecified atom stereocenters. The molecule has 86 valence electrons. The average molecular weight is 226 g/mol. The maximum absolute atomic E-state index is 12.4. The molecule has 7 heteroatoms. The smallest absolute Gasteiger partial charge is 0.424 e. The molecule has 0 spiro atoms. The van der Waals surface area contributed by atoms with Gasteiger partial charge in [0.25, 0.3) is 5.79 Å². The van der Waals surface area contributed by atoms with Gasteiger partial charge >= 0.3 is 12.2 Å². The Bertz CT molecular complexity index is 300. The minimum Gasteiger partial charge on any atom is -0.424 e. The molecule has 1 saturated heterocycles. The summed E-state index contributed by atoms with van der Waals surface area (Å²) in [6.45, 7) is 1.77. The van der Waals surface area contributed by atoms with Gasteiger partial charge in [-0.1, -0.05) is 0 Å². The fourth-order valence-corrected chi connectivity index (χ4v) is 0.932. The number of cyclic esters (lactones) is 2. The third kappa shape index (κ3) is 2.62. The minimum absolute atomic E-state index is 0.791. The van der Waals surface area contributed by atoms with Gasteiger partial charge in [-0.15, -0.1) is 0 Å². The molecule has 0 saturated carbocycles. The van der Waals surface area contributed by atoms with E-state index in [1.807, 2.05) is 0 Å². The van der Waals surface area contributed by atoms with Crippen molar-refractivity contribution in [3.05, 3.63) is 11.9 Å². The molecule has 4 nitrogen and oxygen atoms in total. The molecular weight excluding hydrogens is 217 g/mol. The number of halogens is 3. The second-order valence-corrected chi connectivity index (χ2v) is 3.08. The average Bonchev–Trinajstić information content (AvgIpc) is 2.37. The Labute approximate surface area is 83.6 Å². The topological polar surface area (TPSA) is 44.8 Å². The lowest BCUT2D eigenvalue weighted by atomic mass is 10.2. The van der Waals surface area contributed by atoms with E-state index in [-0.39, 0.29) is 0 Å². The van der Waals surface area contributed by atoms with Crippen molar-refractivity contribution in [1.29, 1.82) is 0 Å². The summed E-state index contributed by atoms with van der Waals surface area (Å²) in [6, 6.07) is 0. The molecule has 1 heterocycles. The summed E-state index contributed by atoms with van der Waals surface area (Å²) in [6.07, 6.45) is -4.23. The Morgan fingerprint density at radius 2 is 2.13 bits per heavy atom. The SMILES string of the molecule is CC1OC(=O)OC1(C)OCC(F)=C(F)F. The Balaban J connectivity index is 2.58. The molecule has 2 atom stereocenters. The predicted molar refractivity (Wildman–Crippen MR) is 41.7 cm³/mol. The van der Waals surface area contributed by atoms with E-state index in [4.69, 9.17) is 4.74 Å². The molecule has 0 aromatic rings. The second-order valence-electron chi connectivity index (χ2n) is 3.08. The van der Waals surface area contributed by atoms with Crippen LogP contribution in [0.5, 0.6) is 0 Å². The van der Waals surface area contributed by atoms with E-state index in [9.17, 15) is 18.0 Å². The van der Waals surface area contributed by atoms with E-state index >= 15 is 0 Å². The second kappa shape index (κ2) is 4.09. The van der Waals surface area contributed by atoms with E-state index < -0.39 is 36.6 Å². The standard InChI is InChI=1S/C8H9F3O4/c1-4-8(2,15-7(12)14-4)13-3-5(9)6(10)11/h4H,3H2,1-2H3. The molecule has 0 bridgehead atoms. The lowest BCUT2D eigenvalue weighted by Crippen LogP contribution is -2.38. The molecule has 0 amide bonds. The van der Waals surface area contributed by atoms with Crippen LogP contribution in [0.15, 0.2) is 11.9 Å². The summed E-state index contributed by atoms with van der Waals surface area (Å²) < 4.78 is 49.6. The highest BCUT2D eigenvalue weighted by molar-refractivity contribution is 5.62. The summed E-state index contributed by atoms with van der Waals surface area (Å²) in [5.41, 5.74) is 0. The molecule has 1 aliphatic rings. The Morgan fingerprint density at radius 3 is 2.53 bits per heavy atom. The first kappa shape index (κ1) is 11.8. The van der Waals surface area contributed by atoms with Crippen molar-refractivity contribution >= 4 is 6.16 Å². The summed E-state index contributed by atoms with van der Waals surface area (Å²) >= 11 is 0. The van der Waals surface area contributed by atoms with Gasteiger partial charge in [-0.3, -0.25) is 0 Å². The quantitative estimate of drug-likeness (QED) is 0.693. The summed E-state index contributed by atoms with van der Waals surface area (Å²) in [7, 11) is 0. The van der Waals surface area contributed by atoms with Crippen LogP contribution < -0.4 is 0 Å². The van der Waals surface area contributed by atoms with Crippen LogP contribution in [0, 0.1) is 0 Å². The van der Waals surface area contributed by atoms with E-state index in [0.29, 0.717) is 0 Å². The van der Waals surface area contributed by atoms with Gasteiger partial charge in [-0.25, -0.2) is 9.18 Å². The molecule has 1 fully saturated rings. The van der Waals surface area contributed by atoms with Crippen LogP contribution in [-0.4, -0.2) is 24.7 Å². The molecule has 0 aromatic heterocycles. The highest BCUT2D eigenvalue weighted by atomic mass is 19.3. The molecule has 1 aliphatic heterocycles. The number of carbonyl (C=O) groups excluding carboxylic acids is 1. The fourth-order valence-electron chi connectivity index (χ4n) is 0.932. The monoisotopic (exact) mass is 226 g/mol. The van der Waals surface area contributed by atoms with Gasteiger partial charge in [0.1, 0.15) is 6.61 Å². The Morgan fingerprint density at radius 1 is 1.53 bits per heavy atom. The Hall–Kier alpha value is -1.24. The van der Waals surface area contributed by atoms with Gasteiger partial charge in [0.2, 0.25) is 0 Å². The molecular formula is C8H9F3O4. The van der Waals surface area contributed by atoms with Gasteiger partial charge in [-0.2, -0.15) is 8.78 Å². The van der Waals surface area contributed by atoms with Crippen molar-refractivity contribution in [3.8, 4) is 0 Å². The lowest BCUT2D eigenvalue weighted by Gasteiger charge is -2.23. The van der Waals surface area contributed by atoms with Crippen LogP contribution in [-0.2, 0) is 14.2 Å². The van der Waals surface area contributed by atoms with Crippen LogP contribution in [0.1, 0.15) is 13.8 Å². The Kier molecular flexibility index (Phi) is 3.23. The lowest BCUT2D eigenvalue weighted by molar-refractivity contribution is -0.183. The largest absolute Gasteiger partial charge is 0.511 e. The maximum Gasteiger partial charge on any atom is 0.511 e. The molecule has 1 rings (SSSR count). The van der Waals surface area contributed by atoms with E-state index in [2.05, 4.69) is 9.47 Å². The van der Waals surface area contributed by atoms with Gasteiger partial charge in [-0.05, 0) is 6.92 Å². The summed E-state index contributed by atoms with van der Waals surface area (Å²) in [5, 5.41) is 0. The van der Waals surface area contributed by atoms with Gasteiger partial charge in [0, 0.05) is 6.92 Å². The van der Waals surface area contributed by atoms with E-state index in [1.165, 1.54) is 13.8 Å². The van der Waals surface area contributed by atoms with Crippen molar-refractivity contribution < 1.29 is 32.2 Å². The van der Waals surface area contributed by atoms with Crippen molar-refractivity contribution in [1.82, 2.24) is 0 Å². The van der Waals surface area contributed by atoms with E-state index in [0.717, 1.165) is 0 Å². The number of carbonyl (C=O) groups is 1. The highest BCUT2D eigenvalue weighted by Crippen LogP contribution is 2.28. The van der Waals surface area contributed by atoms with Gasteiger partial charge < -0.3 is 14.2 Å². The van der Waals surface area contributed by atoms with Crippen LogP contribution in [0.3, 0.4) is 0 Å². The normalized spacial score (nSPS) is 29.7.